The lowest BCUT2D eigenvalue weighted by Crippen LogP contribution is -2.30. The summed E-state index contributed by atoms with van der Waals surface area (Å²) in [5.74, 6) is -1.59. The number of nitrogens with zero attached hydrogens (tertiary/aromatic N) is 2. The number of hydrogen-bond acceptors (Lipinski definition) is 6. The summed E-state index contributed by atoms with van der Waals surface area (Å²) in [4.78, 5) is 16.4. The van der Waals surface area contributed by atoms with Crippen molar-refractivity contribution in [3.63, 3.8) is 0 Å². The summed E-state index contributed by atoms with van der Waals surface area (Å²) in [5.41, 5.74) is -0.0896. The highest BCUT2D eigenvalue weighted by Crippen LogP contribution is 2.16. The second-order valence-corrected chi connectivity index (χ2v) is 6.10. The quantitative estimate of drug-likeness (QED) is 0.434. The molecule has 0 saturated heterocycles. The number of hydrogen-bond donors (Lipinski definition) is 2. The molecular weight excluding hydrogens is 308 g/mol. The van der Waals surface area contributed by atoms with Gasteiger partial charge in [0.15, 0.2) is 15.5 Å². The maximum absolute atomic E-state index is 11.9. The van der Waals surface area contributed by atoms with Crippen molar-refractivity contribution in [1.29, 1.82) is 0 Å². The lowest BCUT2D eigenvalue weighted by Gasteiger charge is -2.06. The van der Waals surface area contributed by atoms with E-state index < -0.39 is 21.5 Å². The predicted molar refractivity (Wildman–Crippen MR) is 75.5 cm³/mol. The summed E-state index contributed by atoms with van der Waals surface area (Å²) in [6.07, 6.45) is 2.51. The molecule has 8 nitrogen and oxygen atoms in total. The van der Waals surface area contributed by atoms with Crippen LogP contribution in [0.1, 0.15) is 0 Å². The number of oxime groups is 1. The Kier molecular flexibility index (Phi) is 5.71. The van der Waals surface area contributed by atoms with Crippen LogP contribution in [-0.2, 0) is 19.5 Å². The number of rotatable bonds is 7. The van der Waals surface area contributed by atoms with Crippen molar-refractivity contribution in [2.45, 2.75) is 0 Å². The summed E-state index contributed by atoms with van der Waals surface area (Å²) in [5, 5.41) is 11.9. The first-order valence-electron chi connectivity index (χ1n) is 5.31. The summed E-state index contributed by atoms with van der Waals surface area (Å²) in [7, 11) is -2.33. The number of halogens is 1. The molecule has 0 aliphatic carbocycles. The first-order chi connectivity index (χ1) is 9.39. The molecule has 2 N–H and O–H groups in total. The minimum Gasteiger partial charge on any atom is -0.399 e. The summed E-state index contributed by atoms with van der Waals surface area (Å²) >= 11 is 5.71. The third-order valence-electron chi connectivity index (χ3n) is 2.03. The molecule has 0 radical (unpaired) electrons. The van der Waals surface area contributed by atoms with Gasteiger partial charge in [-0.3, -0.25) is 9.89 Å². The molecular formula is C10H13ClN4O4S. The smallest absolute Gasteiger partial charge is 0.274 e. The maximum Gasteiger partial charge on any atom is 0.274 e. The lowest BCUT2D eigenvalue weighted by atomic mass is 10.4. The lowest BCUT2D eigenvalue weighted by molar-refractivity contribution is -0.110. The number of nitrogens with one attached hydrogen (secondary N) is 2. The van der Waals surface area contributed by atoms with Crippen molar-refractivity contribution in [3.05, 3.63) is 24.0 Å². The van der Waals surface area contributed by atoms with Crippen LogP contribution in [-0.4, -0.2) is 48.8 Å². The molecule has 1 heterocycles. The van der Waals surface area contributed by atoms with E-state index in [1.807, 2.05) is 0 Å². The van der Waals surface area contributed by atoms with Gasteiger partial charge < -0.3 is 10.2 Å². The zero-order chi connectivity index (χ0) is 15.2. The number of sulfone groups is 1. The Morgan fingerprint density at radius 1 is 1.70 bits per heavy atom. The van der Waals surface area contributed by atoms with Gasteiger partial charge in [0.2, 0.25) is 0 Å². The average molecular weight is 321 g/mol. The maximum atomic E-state index is 11.9. The van der Waals surface area contributed by atoms with Gasteiger partial charge in [0.1, 0.15) is 18.0 Å². The fraction of sp³-hybridized carbons (Fsp3) is 0.300. The van der Waals surface area contributed by atoms with Gasteiger partial charge in [-0.25, -0.2) is 8.42 Å². The summed E-state index contributed by atoms with van der Waals surface area (Å²) in [6.45, 7) is 3.34. The van der Waals surface area contributed by atoms with Crippen LogP contribution in [0, 0.1) is 0 Å². The number of aromatic nitrogens is 2. The molecule has 1 aromatic heterocycles. The molecule has 1 aromatic rings. The minimum atomic E-state index is -3.53. The van der Waals surface area contributed by atoms with Crippen molar-refractivity contribution in [2.75, 3.05) is 23.9 Å². The van der Waals surface area contributed by atoms with Gasteiger partial charge in [-0.15, -0.1) is 6.58 Å². The van der Waals surface area contributed by atoms with Crippen LogP contribution in [0.5, 0.6) is 0 Å². The van der Waals surface area contributed by atoms with E-state index in [1.165, 1.54) is 19.4 Å². The van der Waals surface area contributed by atoms with Crippen LogP contribution in [0.25, 0.3) is 0 Å². The third kappa shape index (κ3) is 4.67. The molecule has 1 amide bonds. The Morgan fingerprint density at radius 2 is 2.40 bits per heavy atom. The van der Waals surface area contributed by atoms with Crippen molar-refractivity contribution in [2.24, 2.45) is 5.16 Å². The Bertz CT molecular complexity index is 623. The van der Waals surface area contributed by atoms with E-state index in [-0.39, 0.29) is 22.3 Å². The van der Waals surface area contributed by atoms with E-state index in [1.54, 1.807) is 0 Å². The van der Waals surface area contributed by atoms with Crippen molar-refractivity contribution < 1.29 is 18.0 Å². The first kappa shape index (κ1) is 16.2. The first-order valence-corrected chi connectivity index (χ1v) is 7.51. The highest BCUT2D eigenvalue weighted by molar-refractivity contribution is 7.92. The van der Waals surface area contributed by atoms with E-state index in [0.29, 0.717) is 0 Å². The molecule has 0 aliphatic rings. The molecule has 0 aliphatic heterocycles. The van der Waals surface area contributed by atoms with E-state index in [0.717, 1.165) is 0 Å². The Labute approximate surface area is 120 Å². The molecule has 0 fully saturated rings. The SMILES string of the molecule is C=CCS(=O)(=O)CC(=NOC)C(=O)Nc1cn[nH]c1Cl. The topological polar surface area (TPSA) is 114 Å². The molecule has 20 heavy (non-hydrogen) atoms. The molecule has 110 valence electrons. The number of anilines is 1. The Morgan fingerprint density at radius 3 is 2.90 bits per heavy atom. The zero-order valence-corrected chi connectivity index (χ0v) is 12.2. The number of carbonyl (C=O) groups excluding carboxylic acids is 1. The molecule has 0 aromatic carbocycles. The normalized spacial score (nSPS) is 12.0. The van der Waals surface area contributed by atoms with Gasteiger partial charge in [-0.1, -0.05) is 22.8 Å². The van der Waals surface area contributed by atoms with Crippen molar-refractivity contribution >= 4 is 38.7 Å². The molecule has 0 spiro atoms. The molecule has 0 unspecified atom stereocenters. The number of aromatic amines is 1. The summed E-state index contributed by atoms with van der Waals surface area (Å²) in [6, 6.07) is 0. The molecule has 0 saturated carbocycles. The van der Waals surface area contributed by atoms with Gasteiger partial charge in [0, 0.05) is 0 Å². The largest absolute Gasteiger partial charge is 0.399 e. The number of carbonyl (C=O) groups is 1. The van der Waals surface area contributed by atoms with E-state index in [9.17, 15) is 13.2 Å². The summed E-state index contributed by atoms with van der Waals surface area (Å²) < 4.78 is 23.3. The van der Waals surface area contributed by atoms with Gasteiger partial charge in [-0.05, 0) is 0 Å². The van der Waals surface area contributed by atoms with E-state index in [4.69, 9.17) is 11.6 Å². The molecule has 0 atom stereocenters. The Hall–Kier alpha value is -1.87. The van der Waals surface area contributed by atoms with Gasteiger partial charge >= 0.3 is 0 Å². The second kappa shape index (κ2) is 7.06. The van der Waals surface area contributed by atoms with Crippen LogP contribution in [0.4, 0.5) is 5.69 Å². The number of amides is 1. The third-order valence-corrected chi connectivity index (χ3v) is 3.78. The standard InChI is InChI=1S/C10H13ClN4O4S/c1-3-4-20(17,18)6-8(15-19-2)10(16)13-7-5-12-14-9(7)11/h3,5H,1,4,6H2,2H3,(H,12,14)(H,13,16). The van der Waals surface area contributed by atoms with Crippen LogP contribution >= 0.6 is 11.6 Å². The van der Waals surface area contributed by atoms with Crippen LogP contribution < -0.4 is 5.32 Å². The molecule has 10 heteroatoms. The molecule has 0 bridgehead atoms. The second-order valence-electron chi connectivity index (χ2n) is 3.62. The fourth-order valence-electron chi connectivity index (χ4n) is 1.24. The monoisotopic (exact) mass is 320 g/mol. The minimum absolute atomic E-state index is 0.115. The van der Waals surface area contributed by atoms with E-state index in [2.05, 4.69) is 32.1 Å². The zero-order valence-electron chi connectivity index (χ0n) is 10.6. The van der Waals surface area contributed by atoms with Crippen molar-refractivity contribution in [1.82, 2.24) is 10.2 Å². The molecule has 1 rings (SSSR count). The van der Waals surface area contributed by atoms with Crippen LogP contribution in [0.15, 0.2) is 24.0 Å². The highest BCUT2D eigenvalue weighted by Gasteiger charge is 2.21. The van der Waals surface area contributed by atoms with Gasteiger partial charge in [0.25, 0.3) is 5.91 Å². The van der Waals surface area contributed by atoms with E-state index >= 15 is 0 Å². The van der Waals surface area contributed by atoms with Crippen LogP contribution in [0.3, 0.4) is 0 Å². The Balaban J connectivity index is 2.87. The number of H-pyrrole nitrogens is 1. The van der Waals surface area contributed by atoms with Gasteiger partial charge in [-0.2, -0.15) is 5.10 Å². The average Bonchev–Trinajstić information content (AvgIpc) is 2.74. The highest BCUT2D eigenvalue weighted by atomic mass is 35.5. The van der Waals surface area contributed by atoms with Crippen LogP contribution in [0.2, 0.25) is 5.15 Å². The van der Waals surface area contributed by atoms with Crippen molar-refractivity contribution in [3.8, 4) is 0 Å². The fourth-order valence-corrected chi connectivity index (χ4v) is 2.46. The predicted octanol–water partition coefficient (Wildman–Crippen LogP) is 0.605. The van der Waals surface area contributed by atoms with Gasteiger partial charge in [0.05, 0.1) is 17.6 Å².